The Morgan fingerprint density at radius 1 is 1.47 bits per heavy atom. The van der Waals surface area contributed by atoms with Crippen LogP contribution in [0.25, 0.3) is 0 Å². The molecule has 1 aliphatic rings. The monoisotopic (exact) mass is 244 g/mol. The van der Waals surface area contributed by atoms with Gasteiger partial charge in [0.15, 0.2) is 0 Å². The molecule has 0 bridgehead atoms. The van der Waals surface area contributed by atoms with Crippen LogP contribution in [0.15, 0.2) is 0 Å². The van der Waals surface area contributed by atoms with E-state index in [1.54, 1.807) is 7.11 Å². The van der Waals surface area contributed by atoms with Crippen LogP contribution in [-0.4, -0.2) is 60.9 Å². The summed E-state index contributed by atoms with van der Waals surface area (Å²) in [6.45, 7) is 7.82. The quantitative estimate of drug-likeness (QED) is 0.653. The maximum absolute atomic E-state index is 11.2. The molecule has 0 atom stereocenters. The van der Waals surface area contributed by atoms with E-state index in [1.165, 1.54) is 0 Å². The standard InChI is InChI=1S/C12H24N2O3/c1-4-14(5-2)7-6-13-12(11(15)16)8-10(9-12)17-3/h10,13H,4-9H2,1-3H3,(H,15,16). The van der Waals surface area contributed by atoms with E-state index in [9.17, 15) is 9.90 Å². The van der Waals surface area contributed by atoms with Gasteiger partial charge in [-0.2, -0.15) is 0 Å². The third-order valence-electron chi connectivity index (χ3n) is 3.68. The van der Waals surface area contributed by atoms with Crippen LogP contribution in [0.4, 0.5) is 0 Å². The molecule has 1 aliphatic carbocycles. The van der Waals surface area contributed by atoms with Crippen LogP contribution >= 0.6 is 0 Å². The second kappa shape index (κ2) is 6.33. The Morgan fingerprint density at radius 2 is 2.06 bits per heavy atom. The van der Waals surface area contributed by atoms with Gasteiger partial charge in [-0.15, -0.1) is 0 Å². The number of carboxylic acids is 1. The van der Waals surface area contributed by atoms with E-state index in [0.717, 1.165) is 19.6 Å². The lowest BCUT2D eigenvalue weighted by molar-refractivity contribution is -0.156. The average molecular weight is 244 g/mol. The first kappa shape index (κ1) is 14.4. The minimum absolute atomic E-state index is 0.0899. The predicted molar refractivity (Wildman–Crippen MR) is 66.2 cm³/mol. The second-order valence-electron chi connectivity index (χ2n) is 4.61. The fraction of sp³-hybridized carbons (Fsp3) is 0.917. The average Bonchev–Trinajstić information content (AvgIpc) is 2.26. The van der Waals surface area contributed by atoms with Gasteiger partial charge in [0.1, 0.15) is 5.54 Å². The van der Waals surface area contributed by atoms with Gasteiger partial charge in [0, 0.05) is 33.0 Å². The van der Waals surface area contributed by atoms with Gasteiger partial charge in [0.25, 0.3) is 0 Å². The first-order chi connectivity index (χ1) is 8.07. The van der Waals surface area contributed by atoms with E-state index in [-0.39, 0.29) is 6.10 Å². The Kier molecular flexibility index (Phi) is 5.36. The molecule has 0 unspecified atom stereocenters. The zero-order chi connectivity index (χ0) is 12.9. The lowest BCUT2D eigenvalue weighted by atomic mass is 9.74. The number of ether oxygens (including phenoxy) is 1. The summed E-state index contributed by atoms with van der Waals surface area (Å²) in [4.78, 5) is 13.5. The van der Waals surface area contributed by atoms with Crippen molar-refractivity contribution >= 4 is 5.97 Å². The number of nitrogens with one attached hydrogen (secondary N) is 1. The van der Waals surface area contributed by atoms with Crippen molar-refractivity contribution in [1.82, 2.24) is 10.2 Å². The van der Waals surface area contributed by atoms with Gasteiger partial charge in [-0.3, -0.25) is 4.79 Å². The van der Waals surface area contributed by atoms with Crippen LogP contribution in [0.3, 0.4) is 0 Å². The summed E-state index contributed by atoms with van der Waals surface area (Å²) in [7, 11) is 1.63. The topological polar surface area (TPSA) is 61.8 Å². The zero-order valence-electron chi connectivity index (χ0n) is 11.0. The van der Waals surface area contributed by atoms with E-state index >= 15 is 0 Å². The van der Waals surface area contributed by atoms with Crippen molar-refractivity contribution in [3.63, 3.8) is 0 Å². The summed E-state index contributed by atoms with van der Waals surface area (Å²) in [5, 5.41) is 12.4. The fourth-order valence-corrected chi connectivity index (χ4v) is 2.27. The molecule has 5 heteroatoms. The summed E-state index contributed by atoms with van der Waals surface area (Å²) in [5.74, 6) is -0.759. The van der Waals surface area contributed by atoms with E-state index in [0.29, 0.717) is 19.4 Å². The molecule has 0 amide bonds. The zero-order valence-corrected chi connectivity index (χ0v) is 11.0. The van der Waals surface area contributed by atoms with Gasteiger partial charge in [0.05, 0.1) is 6.10 Å². The number of methoxy groups -OCH3 is 1. The first-order valence-electron chi connectivity index (χ1n) is 6.31. The van der Waals surface area contributed by atoms with Crippen LogP contribution in [0.2, 0.25) is 0 Å². The van der Waals surface area contributed by atoms with Crippen molar-refractivity contribution in [3.8, 4) is 0 Å². The van der Waals surface area contributed by atoms with E-state index in [4.69, 9.17) is 4.74 Å². The van der Waals surface area contributed by atoms with Crippen LogP contribution in [0.5, 0.6) is 0 Å². The highest BCUT2D eigenvalue weighted by Crippen LogP contribution is 2.34. The van der Waals surface area contributed by atoms with Crippen molar-refractivity contribution in [2.24, 2.45) is 0 Å². The lowest BCUT2D eigenvalue weighted by Crippen LogP contribution is -2.64. The third kappa shape index (κ3) is 3.40. The van der Waals surface area contributed by atoms with Crippen LogP contribution in [0, 0.1) is 0 Å². The largest absolute Gasteiger partial charge is 0.480 e. The first-order valence-corrected chi connectivity index (χ1v) is 6.31. The number of hydrogen-bond acceptors (Lipinski definition) is 4. The summed E-state index contributed by atoms with van der Waals surface area (Å²) in [5.41, 5.74) is -0.756. The molecule has 2 N–H and O–H groups in total. The minimum atomic E-state index is -0.759. The molecule has 1 fully saturated rings. The molecule has 100 valence electrons. The van der Waals surface area contributed by atoms with Gasteiger partial charge >= 0.3 is 5.97 Å². The van der Waals surface area contributed by atoms with Gasteiger partial charge < -0.3 is 20.1 Å². The minimum Gasteiger partial charge on any atom is -0.480 e. The molecule has 0 aromatic heterocycles. The second-order valence-corrected chi connectivity index (χ2v) is 4.61. The maximum atomic E-state index is 11.2. The number of carboxylic acid groups (broad SMARTS) is 1. The van der Waals surface area contributed by atoms with Crippen molar-refractivity contribution in [2.75, 3.05) is 33.3 Å². The Balaban J connectivity index is 2.35. The van der Waals surface area contributed by atoms with Gasteiger partial charge in [-0.25, -0.2) is 0 Å². The number of nitrogens with zero attached hydrogens (tertiary/aromatic N) is 1. The van der Waals surface area contributed by atoms with Crippen molar-refractivity contribution in [2.45, 2.75) is 38.3 Å². The molecule has 0 aromatic carbocycles. The molecule has 1 rings (SSSR count). The summed E-state index contributed by atoms with van der Waals surface area (Å²) in [6.07, 6.45) is 1.22. The van der Waals surface area contributed by atoms with Gasteiger partial charge in [-0.05, 0) is 13.1 Å². The van der Waals surface area contributed by atoms with Crippen LogP contribution < -0.4 is 5.32 Å². The number of carbonyl (C=O) groups is 1. The number of aliphatic carboxylic acids is 1. The molecule has 0 aromatic rings. The highest BCUT2D eigenvalue weighted by molar-refractivity contribution is 5.80. The highest BCUT2D eigenvalue weighted by atomic mass is 16.5. The molecule has 0 aliphatic heterocycles. The van der Waals surface area contributed by atoms with E-state index < -0.39 is 11.5 Å². The fourth-order valence-electron chi connectivity index (χ4n) is 2.27. The van der Waals surface area contributed by atoms with E-state index in [2.05, 4.69) is 24.1 Å². The molecule has 0 saturated heterocycles. The van der Waals surface area contributed by atoms with Crippen molar-refractivity contribution in [3.05, 3.63) is 0 Å². The van der Waals surface area contributed by atoms with Crippen LogP contribution in [-0.2, 0) is 9.53 Å². The molecule has 1 saturated carbocycles. The third-order valence-corrected chi connectivity index (χ3v) is 3.68. The normalized spacial score (nSPS) is 28.1. The Labute approximate surface area is 103 Å². The van der Waals surface area contributed by atoms with Gasteiger partial charge in [-0.1, -0.05) is 13.8 Å². The molecule has 17 heavy (non-hydrogen) atoms. The number of likely N-dealkylation sites (N-methyl/N-ethyl adjacent to an activating group) is 1. The Hall–Kier alpha value is -0.650. The Bertz CT molecular complexity index is 248. The SMILES string of the molecule is CCN(CC)CCNC1(C(=O)O)CC(OC)C1. The number of hydrogen-bond donors (Lipinski definition) is 2. The number of rotatable bonds is 8. The summed E-state index contributed by atoms with van der Waals surface area (Å²) < 4.78 is 5.15. The molecule has 0 heterocycles. The smallest absolute Gasteiger partial charge is 0.324 e. The van der Waals surface area contributed by atoms with E-state index in [1.807, 2.05) is 0 Å². The molecule has 5 nitrogen and oxygen atoms in total. The molecular formula is C12H24N2O3. The summed E-state index contributed by atoms with van der Waals surface area (Å²) >= 11 is 0. The summed E-state index contributed by atoms with van der Waals surface area (Å²) in [6, 6.07) is 0. The highest BCUT2D eigenvalue weighted by Gasteiger charge is 2.50. The lowest BCUT2D eigenvalue weighted by Gasteiger charge is -2.44. The Morgan fingerprint density at radius 3 is 2.47 bits per heavy atom. The van der Waals surface area contributed by atoms with Gasteiger partial charge in [0.2, 0.25) is 0 Å². The van der Waals surface area contributed by atoms with Crippen LogP contribution in [0.1, 0.15) is 26.7 Å². The van der Waals surface area contributed by atoms with Crippen molar-refractivity contribution < 1.29 is 14.6 Å². The maximum Gasteiger partial charge on any atom is 0.324 e. The predicted octanol–water partition coefficient (Wildman–Crippen LogP) is 0.550. The van der Waals surface area contributed by atoms with Crippen molar-refractivity contribution in [1.29, 1.82) is 0 Å². The molecule has 0 radical (unpaired) electrons. The molecule has 0 spiro atoms. The molecular weight excluding hydrogens is 220 g/mol.